The molecule has 3 rings (SSSR count). The van der Waals surface area contributed by atoms with Crippen molar-refractivity contribution in [2.45, 2.75) is 47.0 Å². The highest BCUT2D eigenvalue weighted by Gasteiger charge is 2.25. The van der Waals surface area contributed by atoms with E-state index >= 15 is 0 Å². The maximum Gasteiger partial charge on any atom is 0.222 e. The van der Waals surface area contributed by atoms with E-state index in [9.17, 15) is 4.79 Å². The Morgan fingerprint density at radius 1 is 1.04 bits per heavy atom. The summed E-state index contributed by atoms with van der Waals surface area (Å²) >= 11 is 0. The number of benzene rings is 1. The number of anilines is 1. The van der Waals surface area contributed by atoms with Crippen LogP contribution in [0.25, 0.3) is 11.4 Å². The smallest absolute Gasteiger partial charge is 0.222 e. The van der Waals surface area contributed by atoms with E-state index in [0.717, 1.165) is 49.1 Å². The van der Waals surface area contributed by atoms with E-state index in [1.54, 1.807) is 0 Å². The zero-order valence-corrected chi connectivity index (χ0v) is 17.1. The molecule has 0 bridgehead atoms. The predicted octanol–water partition coefficient (Wildman–Crippen LogP) is 3.94. The Labute approximate surface area is 162 Å². The molecule has 0 unspecified atom stereocenters. The van der Waals surface area contributed by atoms with Crippen molar-refractivity contribution in [1.29, 1.82) is 0 Å². The van der Waals surface area contributed by atoms with Crippen LogP contribution in [0.5, 0.6) is 0 Å². The molecule has 27 heavy (non-hydrogen) atoms. The van der Waals surface area contributed by atoms with Gasteiger partial charge in [0.15, 0.2) is 5.82 Å². The van der Waals surface area contributed by atoms with Gasteiger partial charge >= 0.3 is 0 Å². The van der Waals surface area contributed by atoms with Gasteiger partial charge in [0.25, 0.3) is 0 Å². The van der Waals surface area contributed by atoms with E-state index in [1.165, 1.54) is 11.1 Å². The van der Waals surface area contributed by atoms with Crippen LogP contribution in [0.15, 0.2) is 24.3 Å². The first-order valence-corrected chi connectivity index (χ1v) is 9.89. The molecule has 1 aliphatic heterocycles. The van der Waals surface area contributed by atoms with Gasteiger partial charge in [-0.2, -0.15) is 0 Å². The summed E-state index contributed by atoms with van der Waals surface area (Å²) in [7, 11) is 0. The Hall–Kier alpha value is -2.43. The monoisotopic (exact) mass is 366 g/mol. The van der Waals surface area contributed by atoms with Gasteiger partial charge < -0.3 is 9.80 Å². The highest BCUT2D eigenvalue weighted by molar-refractivity contribution is 5.76. The van der Waals surface area contributed by atoms with Crippen molar-refractivity contribution in [3.05, 3.63) is 41.1 Å². The van der Waals surface area contributed by atoms with Gasteiger partial charge in [0, 0.05) is 49.4 Å². The molecule has 0 saturated carbocycles. The zero-order chi connectivity index (χ0) is 19.6. The van der Waals surface area contributed by atoms with E-state index in [0.29, 0.717) is 12.3 Å². The fourth-order valence-corrected chi connectivity index (χ4v) is 3.71. The topological polar surface area (TPSA) is 49.3 Å². The summed E-state index contributed by atoms with van der Waals surface area (Å²) in [5.41, 5.74) is 4.52. The zero-order valence-electron chi connectivity index (χ0n) is 17.1. The van der Waals surface area contributed by atoms with Gasteiger partial charge in [0.2, 0.25) is 5.91 Å². The molecule has 5 heteroatoms. The lowest BCUT2D eigenvalue weighted by Gasteiger charge is -2.37. The number of aromatic nitrogens is 2. The normalized spacial score (nSPS) is 14.7. The number of carbonyl (C=O) groups excluding carboxylic acids is 1. The first-order valence-electron chi connectivity index (χ1n) is 9.89. The molecule has 2 heterocycles. The lowest BCUT2D eigenvalue weighted by molar-refractivity contribution is -0.131. The fraction of sp³-hybridized carbons (Fsp3) is 0.500. The van der Waals surface area contributed by atoms with Gasteiger partial charge in [-0.1, -0.05) is 50.6 Å². The van der Waals surface area contributed by atoms with Crippen LogP contribution in [-0.4, -0.2) is 47.0 Å². The van der Waals surface area contributed by atoms with Crippen LogP contribution < -0.4 is 4.90 Å². The van der Waals surface area contributed by atoms with E-state index < -0.39 is 0 Å². The minimum Gasteiger partial charge on any atom is -0.353 e. The molecular formula is C22H30N4O. The number of aryl methyl sites for hydroxylation is 2. The van der Waals surface area contributed by atoms with Crippen molar-refractivity contribution in [3.63, 3.8) is 0 Å². The van der Waals surface area contributed by atoms with Gasteiger partial charge in [0.1, 0.15) is 5.82 Å². The second-order valence-electron chi connectivity index (χ2n) is 7.61. The third kappa shape index (κ3) is 4.12. The number of piperazine rings is 1. The summed E-state index contributed by atoms with van der Waals surface area (Å²) in [5, 5.41) is 0. The van der Waals surface area contributed by atoms with Crippen LogP contribution in [-0.2, 0) is 4.79 Å². The molecular weight excluding hydrogens is 336 g/mol. The van der Waals surface area contributed by atoms with Crippen LogP contribution in [0.2, 0.25) is 0 Å². The molecule has 1 aliphatic rings. The largest absolute Gasteiger partial charge is 0.353 e. The lowest BCUT2D eigenvalue weighted by Crippen LogP contribution is -2.49. The fourth-order valence-electron chi connectivity index (χ4n) is 3.71. The Bertz CT molecular complexity index is 806. The number of carbonyl (C=O) groups is 1. The maximum absolute atomic E-state index is 12.0. The van der Waals surface area contributed by atoms with Gasteiger partial charge in [-0.25, -0.2) is 9.97 Å². The molecule has 1 aromatic heterocycles. The number of hydrogen-bond acceptors (Lipinski definition) is 4. The summed E-state index contributed by atoms with van der Waals surface area (Å²) in [6.07, 6.45) is 0.571. The van der Waals surface area contributed by atoms with Crippen LogP contribution in [0.3, 0.4) is 0 Å². The second kappa shape index (κ2) is 8.07. The summed E-state index contributed by atoms with van der Waals surface area (Å²) in [6, 6.07) is 8.36. The second-order valence-corrected chi connectivity index (χ2v) is 7.61. The van der Waals surface area contributed by atoms with E-state index in [1.807, 2.05) is 11.8 Å². The van der Waals surface area contributed by atoms with Crippen molar-refractivity contribution in [2.24, 2.45) is 0 Å². The first-order chi connectivity index (χ1) is 12.9. The molecule has 1 fully saturated rings. The van der Waals surface area contributed by atoms with Crippen molar-refractivity contribution in [3.8, 4) is 11.4 Å². The van der Waals surface area contributed by atoms with Gasteiger partial charge in [-0.05, 0) is 19.8 Å². The quantitative estimate of drug-likeness (QED) is 0.822. The maximum atomic E-state index is 12.0. The van der Waals surface area contributed by atoms with Crippen LogP contribution in [0, 0.1) is 13.8 Å². The minimum atomic E-state index is 0.234. The molecule has 2 aromatic rings. The Morgan fingerprint density at radius 3 is 2.22 bits per heavy atom. The van der Waals surface area contributed by atoms with Crippen LogP contribution >= 0.6 is 0 Å². The van der Waals surface area contributed by atoms with Crippen molar-refractivity contribution < 1.29 is 4.79 Å². The van der Waals surface area contributed by atoms with E-state index in [2.05, 4.69) is 56.9 Å². The number of amides is 1. The van der Waals surface area contributed by atoms with E-state index in [-0.39, 0.29) is 5.91 Å². The summed E-state index contributed by atoms with van der Waals surface area (Å²) < 4.78 is 0. The third-order valence-corrected chi connectivity index (χ3v) is 5.24. The standard InChI is InChI=1S/C22H30N4O/c1-6-19(27)25-11-13-26(14-12-25)22-20(15(2)3)17(5)23-21(24-22)18-9-7-16(4)8-10-18/h7-10,15H,6,11-14H2,1-5H3. The average molecular weight is 367 g/mol. The molecule has 0 aliphatic carbocycles. The van der Waals surface area contributed by atoms with Crippen molar-refractivity contribution in [2.75, 3.05) is 31.1 Å². The first kappa shape index (κ1) is 19.3. The SMILES string of the molecule is CCC(=O)N1CCN(c2nc(-c3ccc(C)cc3)nc(C)c2C(C)C)CC1. The molecule has 0 radical (unpaired) electrons. The summed E-state index contributed by atoms with van der Waals surface area (Å²) in [6.45, 7) is 13.6. The molecule has 0 atom stereocenters. The van der Waals surface area contributed by atoms with Crippen LogP contribution in [0.1, 0.15) is 49.9 Å². The van der Waals surface area contributed by atoms with Gasteiger partial charge in [0.05, 0.1) is 0 Å². The van der Waals surface area contributed by atoms with Gasteiger partial charge in [-0.3, -0.25) is 4.79 Å². The molecule has 0 spiro atoms. The average Bonchev–Trinajstić information content (AvgIpc) is 2.67. The minimum absolute atomic E-state index is 0.234. The summed E-state index contributed by atoms with van der Waals surface area (Å²) in [5.74, 6) is 2.39. The lowest BCUT2D eigenvalue weighted by atomic mass is 10.0. The van der Waals surface area contributed by atoms with E-state index in [4.69, 9.17) is 9.97 Å². The molecule has 1 saturated heterocycles. The van der Waals surface area contributed by atoms with Gasteiger partial charge in [-0.15, -0.1) is 0 Å². The molecule has 144 valence electrons. The molecule has 1 amide bonds. The number of hydrogen-bond donors (Lipinski definition) is 0. The number of rotatable bonds is 4. The molecule has 5 nitrogen and oxygen atoms in total. The Morgan fingerprint density at radius 2 is 1.67 bits per heavy atom. The Balaban J connectivity index is 1.95. The third-order valence-electron chi connectivity index (χ3n) is 5.24. The molecule has 1 aromatic carbocycles. The predicted molar refractivity (Wildman–Crippen MR) is 110 cm³/mol. The van der Waals surface area contributed by atoms with Crippen molar-refractivity contribution in [1.82, 2.24) is 14.9 Å². The van der Waals surface area contributed by atoms with Crippen molar-refractivity contribution >= 4 is 11.7 Å². The molecule has 0 N–H and O–H groups in total. The van der Waals surface area contributed by atoms with Crippen LogP contribution in [0.4, 0.5) is 5.82 Å². The number of nitrogens with zero attached hydrogens (tertiary/aromatic N) is 4. The Kier molecular flexibility index (Phi) is 5.78. The summed E-state index contributed by atoms with van der Waals surface area (Å²) in [4.78, 5) is 26.1. The highest BCUT2D eigenvalue weighted by atomic mass is 16.2. The highest BCUT2D eigenvalue weighted by Crippen LogP contribution is 2.31.